The number of amides is 1. The number of rotatable bonds is 6. The van der Waals surface area contributed by atoms with E-state index in [4.69, 9.17) is 11.6 Å². The third-order valence-corrected chi connectivity index (χ3v) is 3.53. The number of halogens is 1. The van der Waals surface area contributed by atoms with Crippen LogP contribution in [0, 0.1) is 0 Å². The second-order valence-corrected chi connectivity index (χ2v) is 5.46. The molecule has 1 aromatic rings. The number of benzene rings is 1. The summed E-state index contributed by atoms with van der Waals surface area (Å²) < 4.78 is 0. The van der Waals surface area contributed by atoms with Gasteiger partial charge in [-0.2, -0.15) is 0 Å². The van der Waals surface area contributed by atoms with Crippen molar-refractivity contribution >= 4 is 29.3 Å². The first-order valence-corrected chi connectivity index (χ1v) is 6.74. The van der Waals surface area contributed by atoms with Crippen LogP contribution < -0.4 is 10.6 Å². The zero-order valence-corrected chi connectivity index (χ0v) is 11.6. The van der Waals surface area contributed by atoms with Crippen LogP contribution in [0.4, 0.5) is 0 Å². The van der Waals surface area contributed by atoms with E-state index in [-0.39, 0.29) is 11.2 Å². The molecular weight excluding hydrogens is 256 g/mol. The first-order chi connectivity index (χ1) is 8.13. The van der Waals surface area contributed by atoms with Crippen LogP contribution in [0.2, 0.25) is 5.02 Å². The van der Waals surface area contributed by atoms with E-state index in [9.17, 15) is 4.79 Å². The Morgan fingerprint density at radius 1 is 1.35 bits per heavy atom. The second kappa shape index (κ2) is 7.58. The van der Waals surface area contributed by atoms with Gasteiger partial charge >= 0.3 is 0 Å². The Balaban J connectivity index is 2.40. The molecule has 1 atom stereocenters. The van der Waals surface area contributed by atoms with Crippen LogP contribution in [0.1, 0.15) is 6.92 Å². The summed E-state index contributed by atoms with van der Waals surface area (Å²) in [4.78, 5) is 12.8. The highest BCUT2D eigenvalue weighted by atomic mass is 35.5. The second-order valence-electron chi connectivity index (χ2n) is 3.61. The third-order valence-electron chi connectivity index (χ3n) is 2.17. The van der Waals surface area contributed by atoms with E-state index in [1.54, 1.807) is 0 Å². The zero-order chi connectivity index (χ0) is 12.7. The fourth-order valence-corrected chi connectivity index (χ4v) is 2.24. The maximum absolute atomic E-state index is 11.7. The van der Waals surface area contributed by atoms with E-state index in [1.165, 1.54) is 11.8 Å². The molecule has 0 aliphatic rings. The van der Waals surface area contributed by atoms with Crippen molar-refractivity contribution in [1.82, 2.24) is 10.6 Å². The van der Waals surface area contributed by atoms with Crippen LogP contribution >= 0.6 is 23.4 Å². The molecule has 0 aliphatic carbocycles. The molecule has 1 amide bonds. The van der Waals surface area contributed by atoms with Gasteiger partial charge < -0.3 is 10.6 Å². The number of thioether (sulfide) groups is 1. The average Bonchev–Trinajstić information content (AvgIpc) is 2.32. The highest BCUT2D eigenvalue weighted by Gasteiger charge is 2.13. The maximum Gasteiger partial charge on any atom is 0.233 e. The van der Waals surface area contributed by atoms with Gasteiger partial charge in [0.1, 0.15) is 0 Å². The summed E-state index contributed by atoms with van der Waals surface area (Å²) in [7, 11) is 1.86. The molecule has 3 nitrogen and oxygen atoms in total. The Morgan fingerprint density at radius 3 is 2.59 bits per heavy atom. The lowest BCUT2D eigenvalue weighted by Crippen LogP contribution is -2.35. The molecule has 0 heterocycles. The SMILES string of the molecule is CNCCNC(=O)C(C)Sc1ccc(Cl)cc1. The van der Waals surface area contributed by atoms with Crippen molar-refractivity contribution in [2.24, 2.45) is 0 Å². The summed E-state index contributed by atoms with van der Waals surface area (Å²) in [5.74, 6) is 0.0557. The highest BCUT2D eigenvalue weighted by Crippen LogP contribution is 2.24. The smallest absolute Gasteiger partial charge is 0.233 e. The monoisotopic (exact) mass is 272 g/mol. The van der Waals surface area contributed by atoms with Crippen molar-refractivity contribution < 1.29 is 4.79 Å². The first-order valence-electron chi connectivity index (χ1n) is 5.48. The predicted molar refractivity (Wildman–Crippen MR) is 73.7 cm³/mol. The Kier molecular flexibility index (Phi) is 6.40. The van der Waals surface area contributed by atoms with Crippen LogP contribution in [0.25, 0.3) is 0 Å². The molecule has 0 aromatic heterocycles. The molecule has 0 bridgehead atoms. The minimum atomic E-state index is -0.104. The fourth-order valence-electron chi connectivity index (χ4n) is 1.23. The van der Waals surface area contributed by atoms with E-state index in [1.807, 2.05) is 38.2 Å². The van der Waals surface area contributed by atoms with Crippen LogP contribution in [0.3, 0.4) is 0 Å². The van der Waals surface area contributed by atoms with E-state index in [2.05, 4.69) is 10.6 Å². The van der Waals surface area contributed by atoms with Crippen LogP contribution in [0.5, 0.6) is 0 Å². The summed E-state index contributed by atoms with van der Waals surface area (Å²) in [6.45, 7) is 3.33. The van der Waals surface area contributed by atoms with E-state index >= 15 is 0 Å². The molecule has 17 heavy (non-hydrogen) atoms. The topological polar surface area (TPSA) is 41.1 Å². The fraction of sp³-hybridized carbons (Fsp3) is 0.417. The lowest BCUT2D eigenvalue weighted by atomic mass is 10.4. The summed E-state index contributed by atoms with van der Waals surface area (Å²) >= 11 is 7.33. The highest BCUT2D eigenvalue weighted by molar-refractivity contribution is 8.00. The Morgan fingerprint density at radius 2 is 2.00 bits per heavy atom. The van der Waals surface area contributed by atoms with Gasteiger partial charge in [-0.1, -0.05) is 11.6 Å². The number of nitrogens with one attached hydrogen (secondary N) is 2. The molecule has 0 saturated carbocycles. The maximum atomic E-state index is 11.7. The number of hydrogen-bond acceptors (Lipinski definition) is 3. The number of likely N-dealkylation sites (N-methyl/N-ethyl adjacent to an activating group) is 1. The van der Waals surface area contributed by atoms with Crippen LogP contribution in [0.15, 0.2) is 29.2 Å². The molecule has 0 spiro atoms. The molecule has 94 valence electrons. The minimum Gasteiger partial charge on any atom is -0.354 e. The van der Waals surface area contributed by atoms with Crippen molar-refractivity contribution in [2.75, 3.05) is 20.1 Å². The molecule has 1 aromatic carbocycles. The average molecular weight is 273 g/mol. The molecule has 1 unspecified atom stereocenters. The molecule has 0 aliphatic heterocycles. The van der Waals surface area contributed by atoms with Gasteiger partial charge in [-0.15, -0.1) is 11.8 Å². The molecular formula is C12H17ClN2OS. The van der Waals surface area contributed by atoms with Crippen LogP contribution in [-0.2, 0) is 4.79 Å². The van der Waals surface area contributed by atoms with Crippen LogP contribution in [-0.4, -0.2) is 31.3 Å². The molecule has 2 N–H and O–H groups in total. The van der Waals surface area contributed by atoms with E-state index in [0.717, 1.165) is 11.4 Å². The van der Waals surface area contributed by atoms with Gasteiger partial charge in [0, 0.05) is 23.0 Å². The number of hydrogen-bond donors (Lipinski definition) is 2. The van der Waals surface area contributed by atoms with Gasteiger partial charge in [0.15, 0.2) is 0 Å². The first kappa shape index (κ1) is 14.4. The summed E-state index contributed by atoms with van der Waals surface area (Å²) in [5.41, 5.74) is 0. The number of carbonyl (C=O) groups is 1. The molecule has 5 heteroatoms. The molecule has 1 rings (SSSR count). The van der Waals surface area contributed by atoms with Crippen molar-refractivity contribution in [2.45, 2.75) is 17.1 Å². The Labute approximate surface area is 111 Å². The van der Waals surface area contributed by atoms with Crippen molar-refractivity contribution in [3.8, 4) is 0 Å². The van der Waals surface area contributed by atoms with Gasteiger partial charge in [0.25, 0.3) is 0 Å². The van der Waals surface area contributed by atoms with Crippen molar-refractivity contribution in [3.63, 3.8) is 0 Å². The van der Waals surface area contributed by atoms with Crippen molar-refractivity contribution in [3.05, 3.63) is 29.3 Å². The predicted octanol–water partition coefficient (Wildman–Crippen LogP) is 2.16. The van der Waals surface area contributed by atoms with Gasteiger partial charge in [-0.3, -0.25) is 4.79 Å². The number of carbonyl (C=O) groups excluding carboxylic acids is 1. The third kappa shape index (κ3) is 5.44. The van der Waals surface area contributed by atoms with Gasteiger partial charge in [-0.05, 0) is 38.2 Å². The minimum absolute atomic E-state index is 0.0557. The van der Waals surface area contributed by atoms with E-state index < -0.39 is 0 Å². The quantitative estimate of drug-likeness (QED) is 0.616. The standard InChI is InChI=1S/C12H17ClN2OS/c1-9(12(16)15-8-7-14-2)17-11-5-3-10(13)4-6-11/h3-6,9,14H,7-8H2,1-2H3,(H,15,16). The summed E-state index contributed by atoms with van der Waals surface area (Å²) in [5, 5.41) is 6.45. The van der Waals surface area contributed by atoms with Gasteiger partial charge in [0.2, 0.25) is 5.91 Å². The Hall–Kier alpha value is -0.710. The zero-order valence-electron chi connectivity index (χ0n) is 10.00. The summed E-state index contributed by atoms with van der Waals surface area (Å²) in [6, 6.07) is 7.50. The molecule has 0 saturated heterocycles. The van der Waals surface area contributed by atoms with Gasteiger partial charge in [-0.25, -0.2) is 0 Å². The largest absolute Gasteiger partial charge is 0.354 e. The molecule has 0 radical (unpaired) electrons. The molecule has 0 fully saturated rings. The van der Waals surface area contributed by atoms with Crippen molar-refractivity contribution in [1.29, 1.82) is 0 Å². The Bertz CT molecular complexity index is 356. The van der Waals surface area contributed by atoms with E-state index in [0.29, 0.717) is 11.6 Å². The van der Waals surface area contributed by atoms with Gasteiger partial charge in [0.05, 0.1) is 5.25 Å². The lowest BCUT2D eigenvalue weighted by molar-refractivity contribution is -0.120. The normalized spacial score (nSPS) is 12.2. The lowest BCUT2D eigenvalue weighted by Gasteiger charge is -2.11. The summed E-state index contributed by atoms with van der Waals surface area (Å²) in [6.07, 6.45) is 0.